The van der Waals surface area contributed by atoms with E-state index in [1.54, 1.807) is 18.2 Å². The van der Waals surface area contributed by atoms with Gasteiger partial charge < -0.3 is 21.3 Å². The maximum absolute atomic E-state index is 13.3. The van der Waals surface area contributed by atoms with Gasteiger partial charge in [-0.2, -0.15) is 0 Å². The molecule has 3 rings (SSSR count). The summed E-state index contributed by atoms with van der Waals surface area (Å²) >= 11 is 12.0. The van der Waals surface area contributed by atoms with Crippen molar-refractivity contribution < 1.29 is 9.59 Å². The van der Waals surface area contributed by atoms with Crippen LogP contribution in [-0.4, -0.2) is 55.0 Å². The Morgan fingerprint density at radius 2 is 1.97 bits per heavy atom. The fourth-order valence-corrected chi connectivity index (χ4v) is 4.51. The molecule has 8 heteroatoms. The molecule has 1 fully saturated rings. The highest BCUT2D eigenvalue weighted by molar-refractivity contribution is 6.42. The first-order chi connectivity index (χ1) is 15.9. The highest BCUT2D eigenvalue weighted by Gasteiger charge is 2.31. The van der Waals surface area contributed by atoms with Gasteiger partial charge in [-0.15, -0.1) is 0 Å². The molecule has 4 N–H and O–H groups in total. The molecule has 1 saturated heterocycles. The second-order valence-corrected chi connectivity index (χ2v) is 9.24. The molecule has 0 unspecified atom stereocenters. The van der Waals surface area contributed by atoms with Crippen molar-refractivity contribution in [3.8, 4) is 0 Å². The van der Waals surface area contributed by atoms with Crippen LogP contribution in [0.15, 0.2) is 48.5 Å². The molecule has 1 aliphatic rings. The van der Waals surface area contributed by atoms with Gasteiger partial charge in [0.1, 0.15) is 0 Å². The number of nitrogens with one attached hydrogen (secondary N) is 2. The summed E-state index contributed by atoms with van der Waals surface area (Å²) in [6.45, 7) is 4.26. The molecule has 0 saturated carbocycles. The molecule has 2 aromatic carbocycles. The van der Waals surface area contributed by atoms with Gasteiger partial charge in [0.2, 0.25) is 5.91 Å². The number of carbonyl (C=O) groups excluding carboxylic acids is 2. The number of carbonyl (C=O) groups is 2. The van der Waals surface area contributed by atoms with E-state index in [0.29, 0.717) is 48.2 Å². The van der Waals surface area contributed by atoms with Gasteiger partial charge in [0.15, 0.2) is 0 Å². The van der Waals surface area contributed by atoms with Crippen LogP contribution in [0.5, 0.6) is 0 Å². The number of rotatable bonds is 9. The first-order valence-electron chi connectivity index (χ1n) is 11.5. The Balaban J connectivity index is 1.65. The topological polar surface area (TPSA) is 87.5 Å². The number of benzene rings is 2. The van der Waals surface area contributed by atoms with Gasteiger partial charge in [0, 0.05) is 37.2 Å². The third kappa shape index (κ3) is 6.93. The third-order valence-electron chi connectivity index (χ3n) is 6.14. The molecule has 0 radical (unpaired) electrons. The van der Waals surface area contributed by atoms with Crippen molar-refractivity contribution in [3.63, 3.8) is 0 Å². The van der Waals surface area contributed by atoms with E-state index in [9.17, 15) is 9.59 Å². The van der Waals surface area contributed by atoms with Gasteiger partial charge >= 0.3 is 0 Å². The zero-order valence-electron chi connectivity index (χ0n) is 18.9. The monoisotopic (exact) mass is 490 g/mol. The maximum Gasteiger partial charge on any atom is 0.251 e. The quantitative estimate of drug-likeness (QED) is 0.498. The average molecular weight is 491 g/mol. The molecular formula is C25H32Cl2N4O2. The first kappa shape index (κ1) is 25.5. The number of nitrogens with two attached hydrogens (primary N) is 1. The van der Waals surface area contributed by atoms with Crippen molar-refractivity contribution in [2.45, 2.75) is 44.2 Å². The Bertz CT molecular complexity index is 941. The summed E-state index contributed by atoms with van der Waals surface area (Å²) in [5, 5.41) is 7.11. The minimum atomic E-state index is -0.363. The zero-order chi connectivity index (χ0) is 23.8. The summed E-state index contributed by atoms with van der Waals surface area (Å²) in [7, 11) is 0. The van der Waals surface area contributed by atoms with Crippen molar-refractivity contribution in [2.75, 3.05) is 26.2 Å². The Morgan fingerprint density at radius 3 is 2.64 bits per heavy atom. The lowest BCUT2D eigenvalue weighted by atomic mass is 9.95. The Morgan fingerprint density at radius 1 is 1.21 bits per heavy atom. The Labute approximate surface area is 205 Å². The fourth-order valence-electron chi connectivity index (χ4n) is 4.21. The number of hydrogen-bond acceptors (Lipinski definition) is 4. The van der Waals surface area contributed by atoms with Gasteiger partial charge in [0.05, 0.1) is 16.1 Å². The predicted molar refractivity (Wildman–Crippen MR) is 134 cm³/mol. The third-order valence-corrected chi connectivity index (χ3v) is 6.88. The summed E-state index contributed by atoms with van der Waals surface area (Å²) in [6.07, 6.45) is 2.24. The SMILES string of the molecule is CC[C@H](CN1CC[C@@H](CNC(=O)c2ccc(Cl)c(Cl)c2)N[C@@H](CCN)C1=O)c1ccccc1. The normalized spacial score (nSPS) is 19.8. The summed E-state index contributed by atoms with van der Waals surface area (Å²) in [4.78, 5) is 27.8. The van der Waals surface area contributed by atoms with E-state index in [2.05, 4.69) is 29.7 Å². The zero-order valence-corrected chi connectivity index (χ0v) is 20.4. The number of nitrogens with zero attached hydrogens (tertiary/aromatic N) is 1. The summed E-state index contributed by atoms with van der Waals surface area (Å²) in [5.41, 5.74) is 7.49. The van der Waals surface area contributed by atoms with Crippen LogP contribution in [-0.2, 0) is 4.79 Å². The molecule has 0 aliphatic carbocycles. The lowest BCUT2D eigenvalue weighted by Gasteiger charge is -2.28. The van der Waals surface area contributed by atoms with Crippen LogP contribution >= 0.6 is 23.2 Å². The first-order valence-corrected chi connectivity index (χ1v) is 12.2. The molecule has 0 spiro atoms. The predicted octanol–water partition coefficient (Wildman–Crippen LogP) is 3.82. The van der Waals surface area contributed by atoms with Crippen LogP contribution in [0.4, 0.5) is 0 Å². The van der Waals surface area contributed by atoms with Crippen LogP contribution < -0.4 is 16.4 Å². The van der Waals surface area contributed by atoms with E-state index in [1.165, 1.54) is 5.56 Å². The van der Waals surface area contributed by atoms with Crippen molar-refractivity contribution >= 4 is 35.0 Å². The average Bonchev–Trinajstić information content (AvgIpc) is 2.97. The smallest absolute Gasteiger partial charge is 0.251 e. The van der Waals surface area contributed by atoms with E-state index >= 15 is 0 Å². The Hall–Kier alpha value is -2.12. The highest BCUT2D eigenvalue weighted by Crippen LogP contribution is 2.24. The molecule has 0 bridgehead atoms. The second-order valence-electron chi connectivity index (χ2n) is 8.42. The number of amides is 2. The highest BCUT2D eigenvalue weighted by atomic mass is 35.5. The van der Waals surface area contributed by atoms with Crippen LogP contribution in [0.2, 0.25) is 10.0 Å². The van der Waals surface area contributed by atoms with E-state index in [1.807, 2.05) is 23.1 Å². The molecule has 1 aliphatic heterocycles. The van der Waals surface area contributed by atoms with Gasteiger partial charge in [-0.25, -0.2) is 0 Å². The minimum absolute atomic E-state index is 0.0426. The molecule has 1 heterocycles. The maximum atomic E-state index is 13.3. The molecule has 6 nitrogen and oxygen atoms in total. The molecule has 2 aromatic rings. The molecule has 178 valence electrons. The van der Waals surface area contributed by atoms with Gasteiger partial charge in [-0.05, 0) is 49.6 Å². The fraction of sp³-hybridized carbons (Fsp3) is 0.440. The van der Waals surface area contributed by atoms with E-state index in [4.69, 9.17) is 28.9 Å². The standard InChI is InChI=1S/C25H32Cl2N4O2/c1-2-17(18-6-4-3-5-7-18)16-31-13-11-20(30-23(10-12-28)25(31)33)15-29-24(32)19-8-9-21(26)22(27)14-19/h3-9,14,17,20,23,30H,2,10-13,15-16,28H2,1H3,(H,29,32)/t17-,20+,23+/m1/s1. The summed E-state index contributed by atoms with van der Waals surface area (Å²) in [5.74, 6) is 0.126. The lowest BCUT2D eigenvalue weighted by Crippen LogP contribution is -2.49. The van der Waals surface area contributed by atoms with Crippen molar-refractivity contribution in [2.24, 2.45) is 5.73 Å². The molecule has 3 atom stereocenters. The van der Waals surface area contributed by atoms with Gasteiger partial charge in [0.25, 0.3) is 5.91 Å². The molecular weight excluding hydrogens is 459 g/mol. The van der Waals surface area contributed by atoms with Crippen LogP contribution in [0.3, 0.4) is 0 Å². The second kappa shape index (κ2) is 12.4. The summed E-state index contributed by atoms with van der Waals surface area (Å²) in [6, 6.07) is 14.7. The minimum Gasteiger partial charge on any atom is -0.350 e. The molecule has 33 heavy (non-hydrogen) atoms. The van der Waals surface area contributed by atoms with E-state index in [0.717, 1.165) is 12.8 Å². The van der Waals surface area contributed by atoms with Crippen LogP contribution in [0.25, 0.3) is 0 Å². The van der Waals surface area contributed by atoms with Crippen molar-refractivity contribution in [3.05, 3.63) is 69.7 Å². The number of hydrogen-bond donors (Lipinski definition) is 3. The van der Waals surface area contributed by atoms with Crippen LogP contribution in [0, 0.1) is 0 Å². The van der Waals surface area contributed by atoms with Crippen molar-refractivity contribution in [1.82, 2.24) is 15.5 Å². The van der Waals surface area contributed by atoms with Gasteiger partial charge in [-0.3, -0.25) is 9.59 Å². The molecule has 2 amide bonds. The largest absolute Gasteiger partial charge is 0.350 e. The lowest BCUT2D eigenvalue weighted by molar-refractivity contribution is -0.133. The van der Waals surface area contributed by atoms with Crippen LogP contribution in [0.1, 0.15) is 48.0 Å². The Kier molecular flexibility index (Phi) is 9.56. The van der Waals surface area contributed by atoms with E-state index in [-0.39, 0.29) is 29.8 Å². The summed E-state index contributed by atoms with van der Waals surface area (Å²) < 4.78 is 0. The molecule has 0 aromatic heterocycles. The number of halogens is 2. The van der Waals surface area contributed by atoms with Gasteiger partial charge in [-0.1, -0.05) is 60.5 Å². The van der Waals surface area contributed by atoms with Crippen molar-refractivity contribution in [1.29, 1.82) is 0 Å². The van der Waals surface area contributed by atoms with E-state index < -0.39 is 0 Å².